The quantitative estimate of drug-likeness (QED) is 0.448. The van der Waals surface area contributed by atoms with Crippen molar-refractivity contribution < 1.29 is 0 Å². The van der Waals surface area contributed by atoms with Crippen LogP contribution in [0.15, 0.2) is 11.5 Å². The van der Waals surface area contributed by atoms with Crippen molar-refractivity contribution in [2.75, 3.05) is 14.1 Å². The lowest BCUT2D eigenvalue weighted by Crippen LogP contribution is -2.16. The van der Waals surface area contributed by atoms with E-state index in [1.165, 1.54) is 11.8 Å². The zero-order valence-corrected chi connectivity index (χ0v) is 6.88. The summed E-state index contributed by atoms with van der Waals surface area (Å²) in [4.78, 5) is 2.70. The molecular formula is C6H12N2S. The smallest absolute Gasteiger partial charge is 0.160 e. The van der Waals surface area contributed by atoms with E-state index in [1.807, 2.05) is 21.0 Å². The fourth-order valence-corrected chi connectivity index (χ4v) is 0.769. The Morgan fingerprint density at radius 1 is 1.56 bits per heavy atom. The molecule has 0 unspecified atom stereocenters. The van der Waals surface area contributed by atoms with Crippen LogP contribution >= 0.6 is 11.8 Å². The summed E-state index contributed by atoms with van der Waals surface area (Å²) in [6.45, 7) is 5.56. The van der Waals surface area contributed by atoms with Gasteiger partial charge in [0.15, 0.2) is 5.17 Å². The number of rotatable bonds is 1. The summed E-state index contributed by atoms with van der Waals surface area (Å²) in [7, 11) is 3.69. The molecule has 9 heavy (non-hydrogen) atoms. The Hall–Kier alpha value is -0.440. The minimum Gasteiger partial charge on any atom is -0.358 e. The first kappa shape index (κ1) is 8.56. The van der Waals surface area contributed by atoms with Crippen LogP contribution in [0.5, 0.6) is 0 Å². The molecule has 0 amide bonds. The predicted molar refractivity (Wildman–Crippen MR) is 43.8 cm³/mol. The zero-order chi connectivity index (χ0) is 7.44. The van der Waals surface area contributed by atoms with Crippen molar-refractivity contribution >= 4 is 16.9 Å². The first-order valence-electron chi connectivity index (χ1n) is 2.63. The molecule has 0 fully saturated rings. The molecule has 0 heterocycles. The zero-order valence-electron chi connectivity index (χ0n) is 6.06. The summed E-state index contributed by atoms with van der Waals surface area (Å²) in [5.41, 5.74) is 0. The highest BCUT2D eigenvalue weighted by Gasteiger charge is 1.97. The fraction of sp³-hybridized carbons (Fsp3) is 0.500. The fourth-order valence-electron chi connectivity index (χ4n) is 0.256. The van der Waals surface area contributed by atoms with E-state index in [9.17, 15) is 0 Å². The average molecular weight is 144 g/mol. The van der Waals surface area contributed by atoms with Crippen molar-refractivity contribution in [3.05, 3.63) is 11.5 Å². The topological polar surface area (TPSA) is 27.1 Å². The SMILES string of the molecule is C=C(C)SC(=N)N(C)C. The molecule has 0 aromatic heterocycles. The molecule has 52 valence electrons. The van der Waals surface area contributed by atoms with Crippen molar-refractivity contribution in [3.63, 3.8) is 0 Å². The van der Waals surface area contributed by atoms with Gasteiger partial charge in [-0.15, -0.1) is 0 Å². The largest absolute Gasteiger partial charge is 0.358 e. The number of hydrogen-bond donors (Lipinski definition) is 1. The molecular weight excluding hydrogens is 132 g/mol. The molecule has 0 aliphatic rings. The third kappa shape index (κ3) is 4.09. The van der Waals surface area contributed by atoms with Gasteiger partial charge in [-0.1, -0.05) is 18.3 Å². The Bertz CT molecular complexity index is 129. The van der Waals surface area contributed by atoms with Gasteiger partial charge in [-0.2, -0.15) is 0 Å². The molecule has 0 radical (unpaired) electrons. The van der Waals surface area contributed by atoms with Crippen LogP contribution in [0.1, 0.15) is 6.92 Å². The standard InChI is InChI=1S/C6H12N2S/c1-5(2)9-6(7)8(3)4/h7H,1H2,2-4H3. The van der Waals surface area contributed by atoms with Crippen LogP contribution in [0.3, 0.4) is 0 Å². The summed E-state index contributed by atoms with van der Waals surface area (Å²) >= 11 is 1.38. The van der Waals surface area contributed by atoms with Gasteiger partial charge in [0.2, 0.25) is 0 Å². The molecule has 0 atom stereocenters. The number of nitrogens with one attached hydrogen (secondary N) is 1. The second-order valence-corrected chi connectivity index (χ2v) is 3.29. The maximum atomic E-state index is 7.30. The Labute approximate surface area is 60.4 Å². The molecule has 0 saturated heterocycles. The minimum atomic E-state index is 0.530. The van der Waals surface area contributed by atoms with Crippen LogP contribution in [0.25, 0.3) is 0 Å². The van der Waals surface area contributed by atoms with Gasteiger partial charge >= 0.3 is 0 Å². The van der Waals surface area contributed by atoms with Gasteiger partial charge in [0, 0.05) is 14.1 Å². The number of thioether (sulfide) groups is 1. The molecule has 1 N–H and O–H groups in total. The molecule has 0 spiro atoms. The summed E-state index contributed by atoms with van der Waals surface area (Å²) < 4.78 is 0. The highest BCUT2D eigenvalue weighted by atomic mass is 32.2. The summed E-state index contributed by atoms with van der Waals surface area (Å²) in [6, 6.07) is 0. The van der Waals surface area contributed by atoms with Gasteiger partial charge in [0.25, 0.3) is 0 Å². The lowest BCUT2D eigenvalue weighted by atomic mass is 10.8. The van der Waals surface area contributed by atoms with E-state index in [0.29, 0.717) is 5.17 Å². The molecule has 0 rings (SSSR count). The average Bonchev–Trinajstić information content (AvgIpc) is 1.63. The third-order valence-corrected chi connectivity index (χ3v) is 1.58. The van der Waals surface area contributed by atoms with Gasteiger partial charge in [-0.05, 0) is 11.8 Å². The number of nitrogens with zero attached hydrogens (tertiary/aromatic N) is 1. The lowest BCUT2D eigenvalue weighted by molar-refractivity contribution is 0.632. The van der Waals surface area contributed by atoms with Crippen LogP contribution in [-0.2, 0) is 0 Å². The van der Waals surface area contributed by atoms with E-state index in [0.717, 1.165) is 4.91 Å². The molecule has 0 bridgehead atoms. The third-order valence-electron chi connectivity index (χ3n) is 0.677. The molecule has 0 aromatic carbocycles. The normalized spacial score (nSPS) is 8.78. The van der Waals surface area contributed by atoms with E-state index < -0.39 is 0 Å². The molecule has 0 aliphatic heterocycles. The first-order valence-corrected chi connectivity index (χ1v) is 3.45. The van der Waals surface area contributed by atoms with Gasteiger partial charge in [-0.3, -0.25) is 5.41 Å². The summed E-state index contributed by atoms with van der Waals surface area (Å²) in [5.74, 6) is 0. The highest BCUT2D eigenvalue weighted by Crippen LogP contribution is 2.13. The van der Waals surface area contributed by atoms with Gasteiger partial charge in [0.1, 0.15) is 0 Å². The summed E-state index contributed by atoms with van der Waals surface area (Å²) in [6.07, 6.45) is 0. The van der Waals surface area contributed by atoms with Crippen molar-refractivity contribution in [3.8, 4) is 0 Å². The van der Waals surface area contributed by atoms with Crippen LogP contribution in [0.2, 0.25) is 0 Å². The van der Waals surface area contributed by atoms with E-state index in [1.54, 1.807) is 4.90 Å². The molecule has 2 nitrogen and oxygen atoms in total. The van der Waals surface area contributed by atoms with E-state index >= 15 is 0 Å². The second-order valence-electron chi connectivity index (χ2n) is 2.00. The lowest BCUT2D eigenvalue weighted by Gasteiger charge is -2.11. The Balaban J connectivity index is 3.64. The number of amidine groups is 1. The van der Waals surface area contributed by atoms with Crippen molar-refractivity contribution in [2.24, 2.45) is 0 Å². The van der Waals surface area contributed by atoms with Gasteiger partial charge < -0.3 is 4.90 Å². The Morgan fingerprint density at radius 2 is 2.00 bits per heavy atom. The van der Waals surface area contributed by atoms with Crippen LogP contribution in [0, 0.1) is 5.41 Å². The van der Waals surface area contributed by atoms with E-state index in [-0.39, 0.29) is 0 Å². The highest BCUT2D eigenvalue weighted by molar-refractivity contribution is 8.16. The van der Waals surface area contributed by atoms with Crippen LogP contribution in [-0.4, -0.2) is 24.2 Å². The molecule has 0 saturated carbocycles. The summed E-state index contributed by atoms with van der Waals surface area (Å²) in [5, 5.41) is 7.83. The van der Waals surface area contributed by atoms with E-state index in [4.69, 9.17) is 5.41 Å². The van der Waals surface area contributed by atoms with E-state index in [2.05, 4.69) is 6.58 Å². The first-order chi connectivity index (χ1) is 4.04. The van der Waals surface area contributed by atoms with Crippen LogP contribution in [0.4, 0.5) is 0 Å². The van der Waals surface area contributed by atoms with Crippen molar-refractivity contribution in [1.82, 2.24) is 4.90 Å². The van der Waals surface area contributed by atoms with Crippen LogP contribution < -0.4 is 0 Å². The number of allylic oxidation sites excluding steroid dienone is 1. The second kappa shape index (κ2) is 3.56. The number of hydrogen-bond acceptors (Lipinski definition) is 2. The Morgan fingerprint density at radius 3 is 2.11 bits per heavy atom. The van der Waals surface area contributed by atoms with Gasteiger partial charge in [-0.25, -0.2) is 0 Å². The minimum absolute atomic E-state index is 0.530. The van der Waals surface area contributed by atoms with Gasteiger partial charge in [0.05, 0.1) is 0 Å². The van der Waals surface area contributed by atoms with Crippen molar-refractivity contribution in [1.29, 1.82) is 5.41 Å². The predicted octanol–water partition coefficient (Wildman–Crippen LogP) is 1.75. The molecule has 0 aliphatic carbocycles. The molecule has 3 heteroatoms. The van der Waals surface area contributed by atoms with Crippen molar-refractivity contribution in [2.45, 2.75) is 6.92 Å². The Kier molecular flexibility index (Phi) is 3.39. The molecule has 0 aromatic rings. The maximum Gasteiger partial charge on any atom is 0.160 e. The monoisotopic (exact) mass is 144 g/mol. The maximum absolute atomic E-state index is 7.30.